The minimum Gasteiger partial charge on any atom is -0.482 e. The highest BCUT2D eigenvalue weighted by molar-refractivity contribution is 5.97. The van der Waals surface area contributed by atoms with Gasteiger partial charge in [-0.05, 0) is 37.6 Å². The maximum atomic E-state index is 12.3. The number of carbonyl (C=O) groups is 1. The number of amides is 1. The fourth-order valence-corrected chi connectivity index (χ4v) is 3.53. The second-order valence-corrected chi connectivity index (χ2v) is 7.21. The number of anilines is 1. The number of aliphatic imine (C=N–C) groups is 1. The molecule has 1 aliphatic heterocycles. The largest absolute Gasteiger partial charge is 0.482 e. The van der Waals surface area contributed by atoms with Crippen LogP contribution in [0, 0.1) is 0 Å². The summed E-state index contributed by atoms with van der Waals surface area (Å²) in [6.07, 6.45) is 0.778. The van der Waals surface area contributed by atoms with Crippen LogP contribution in [-0.4, -0.2) is 38.6 Å². The molecule has 0 saturated carbocycles. The van der Waals surface area contributed by atoms with E-state index in [4.69, 9.17) is 9.15 Å². The Bertz CT molecular complexity index is 1030. The molecule has 1 aliphatic rings. The number of guanidine groups is 1. The number of fused-ring (bicyclic) bond motifs is 2. The number of ether oxygens (including phenoxy) is 1. The number of carbonyl (C=O) groups excluding carboxylic acids is 1. The third-order valence-electron chi connectivity index (χ3n) is 5.11. The average Bonchev–Trinajstić information content (AvgIpc) is 3.21. The third kappa shape index (κ3) is 4.25. The van der Waals surface area contributed by atoms with Gasteiger partial charge in [0.2, 0.25) is 0 Å². The van der Waals surface area contributed by atoms with E-state index in [1.165, 1.54) is 0 Å². The Morgan fingerprint density at radius 3 is 2.83 bits per heavy atom. The predicted octanol–water partition coefficient (Wildman–Crippen LogP) is 3.47. The van der Waals surface area contributed by atoms with E-state index in [1.54, 1.807) is 11.9 Å². The van der Waals surface area contributed by atoms with Gasteiger partial charge in [-0.1, -0.05) is 30.3 Å². The number of rotatable bonds is 6. The Labute approximate surface area is 175 Å². The number of hydrogen-bond acceptors (Lipinski definition) is 4. The van der Waals surface area contributed by atoms with E-state index in [0.29, 0.717) is 19.0 Å². The normalized spacial score (nSPS) is 14.9. The summed E-state index contributed by atoms with van der Waals surface area (Å²) in [7, 11) is 1.74. The van der Waals surface area contributed by atoms with E-state index >= 15 is 0 Å². The quantitative estimate of drug-likeness (QED) is 0.372. The SMILES string of the molecule is CN=C(NCCCN1C(=O)COc2ccccc21)NC(C)c1cc2ccccc2o1. The van der Waals surface area contributed by atoms with Gasteiger partial charge in [-0.2, -0.15) is 0 Å². The molecular formula is C23H26N4O3. The molecule has 2 N–H and O–H groups in total. The fraction of sp³-hybridized carbons (Fsp3) is 0.304. The number of nitrogens with one attached hydrogen (secondary N) is 2. The van der Waals surface area contributed by atoms with E-state index in [1.807, 2.05) is 61.5 Å². The zero-order chi connectivity index (χ0) is 20.9. The van der Waals surface area contributed by atoms with E-state index in [0.717, 1.165) is 34.6 Å². The van der Waals surface area contributed by atoms with Crippen molar-refractivity contribution in [1.29, 1.82) is 0 Å². The molecule has 0 bridgehead atoms. The molecule has 1 aromatic heterocycles. The predicted molar refractivity (Wildman–Crippen MR) is 118 cm³/mol. The lowest BCUT2D eigenvalue weighted by molar-refractivity contribution is -0.121. The van der Waals surface area contributed by atoms with Crippen molar-refractivity contribution < 1.29 is 13.9 Å². The van der Waals surface area contributed by atoms with Gasteiger partial charge in [0.1, 0.15) is 17.1 Å². The molecular weight excluding hydrogens is 380 g/mol. The average molecular weight is 406 g/mol. The van der Waals surface area contributed by atoms with E-state index in [2.05, 4.69) is 15.6 Å². The Morgan fingerprint density at radius 2 is 2.00 bits per heavy atom. The first kappa shape index (κ1) is 19.8. The first-order chi connectivity index (χ1) is 14.7. The molecule has 0 fully saturated rings. The van der Waals surface area contributed by atoms with Gasteiger partial charge >= 0.3 is 0 Å². The van der Waals surface area contributed by atoms with Crippen molar-refractivity contribution in [3.05, 3.63) is 60.4 Å². The second-order valence-electron chi connectivity index (χ2n) is 7.21. The molecule has 0 spiro atoms. The molecule has 2 aromatic carbocycles. The van der Waals surface area contributed by atoms with Crippen molar-refractivity contribution >= 4 is 28.5 Å². The van der Waals surface area contributed by atoms with Crippen LogP contribution in [0.15, 0.2) is 64.0 Å². The maximum Gasteiger partial charge on any atom is 0.265 e. The maximum absolute atomic E-state index is 12.3. The molecule has 2 heterocycles. The summed E-state index contributed by atoms with van der Waals surface area (Å²) in [4.78, 5) is 18.3. The molecule has 7 heteroatoms. The van der Waals surface area contributed by atoms with Crippen LogP contribution < -0.4 is 20.3 Å². The number of furan rings is 1. The summed E-state index contributed by atoms with van der Waals surface area (Å²) in [6, 6.07) is 17.6. The van der Waals surface area contributed by atoms with Crippen LogP contribution >= 0.6 is 0 Å². The van der Waals surface area contributed by atoms with Gasteiger partial charge in [0.15, 0.2) is 12.6 Å². The van der Waals surface area contributed by atoms with Gasteiger partial charge in [-0.3, -0.25) is 9.79 Å². The highest BCUT2D eigenvalue weighted by atomic mass is 16.5. The Morgan fingerprint density at radius 1 is 1.20 bits per heavy atom. The molecule has 0 saturated heterocycles. The molecule has 0 radical (unpaired) electrons. The minimum absolute atomic E-state index is 0.0188. The summed E-state index contributed by atoms with van der Waals surface area (Å²) in [5.74, 6) is 2.28. The molecule has 1 amide bonds. The van der Waals surface area contributed by atoms with Crippen molar-refractivity contribution in [2.24, 2.45) is 4.99 Å². The van der Waals surface area contributed by atoms with Crippen molar-refractivity contribution in [3.63, 3.8) is 0 Å². The Kier molecular flexibility index (Phi) is 5.88. The molecule has 1 unspecified atom stereocenters. The Balaban J connectivity index is 1.29. The summed E-state index contributed by atoms with van der Waals surface area (Å²) in [5.41, 5.74) is 1.70. The summed E-state index contributed by atoms with van der Waals surface area (Å²) >= 11 is 0. The summed E-state index contributed by atoms with van der Waals surface area (Å²) in [5, 5.41) is 7.74. The van der Waals surface area contributed by atoms with Crippen molar-refractivity contribution in [3.8, 4) is 5.75 Å². The lowest BCUT2D eigenvalue weighted by atomic mass is 10.2. The van der Waals surface area contributed by atoms with Crippen molar-refractivity contribution in [2.75, 3.05) is 31.6 Å². The second kappa shape index (κ2) is 8.90. The Hall–Kier alpha value is -3.48. The number of nitrogens with zero attached hydrogens (tertiary/aromatic N) is 2. The monoisotopic (exact) mass is 406 g/mol. The fourth-order valence-electron chi connectivity index (χ4n) is 3.53. The van der Waals surface area contributed by atoms with Crippen LogP contribution in [0.5, 0.6) is 5.75 Å². The van der Waals surface area contributed by atoms with Crippen LogP contribution in [-0.2, 0) is 4.79 Å². The summed E-state index contributed by atoms with van der Waals surface area (Å²) < 4.78 is 11.4. The smallest absolute Gasteiger partial charge is 0.265 e. The molecule has 1 atom stereocenters. The van der Waals surface area contributed by atoms with Crippen LogP contribution in [0.2, 0.25) is 0 Å². The van der Waals surface area contributed by atoms with Gasteiger partial charge in [0.25, 0.3) is 5.91 Å². The van der Waals surface area contributed by atoms with E-state index in [9.17, 15) is 4.79 Å². The standard InChI is InChI=1S/C23H26N4O3/c1-16(21-14-17-8-3-5-10-19(17)30-21)26-23(24-2)25-12-7-13-27-18-9-4-6-11-20(18)29-15-22(27)28/h3-6,8-11,14,16H,7,12-13,15H2,1-2H3,(H2,24,25,26). The number of benzene rings is 2. The molecule has 0 aliphatic carbocycles. The van der Waals surface area contributed by atoms with Gasteiger partial charge in [0, 0.05) is 25.5 Å². The first-order valence-corrected chi connectivity index (χ1v) is 10.1. The van der Waals surface area contributed by atoms with E-state index < -0.39 is 0 Å². The molecule has 7 nitrogen and oxygen atoms in total. The van der Waals surface area contributed by atoms with Crippen LogP contribution in [0.3, 0.4) is 0 Å². The van der Waals surface area contributed by atoms with E-state index in [-0.39, 0.29) is 18.6 Å². The third-order valence-corrected chi connectivity index (χ3v) is 5.11. The zero-order valence-electron chi connectivity index (χ0n) is 17.2. The van der Waals surface area contributed by atoms with Crippen LogP contribution in [0.1, 0.15) is 25.1 Å². The van der Waals surface area contributed by atoms with Gasteiger partial charge < -0.3 is 24.7 Å². The van der Waals surface area contributed by atoms with Crippen molar-refractivity contribution in [2.45, 2.75) is 19.4 Å². The minimum atomic E-state index is -0.0312. The van der Waals surface area contributed by atoms with Gasteiger partial charge in [-0.15, -0.1) is 0 Å². The van der Waals surface area contributed by atoms with Gasteiger partial charge in [0.05, 0.1) is 11.7 Å². The zero-order valence-corrected chi connectivity index (χ0v) is 17.2. The molecule has 4 rings (SSSR count). The first-order valence-electron chi connectivity index (χ1n) is 10.1. The molecule has 30 heavy (non-hydrogen) atoms. The van der Waals surface area contributed by atoms with Crippen LogP contribution in [0.25, 0.3) is 11.0 Å². The lowest BCUT2D eigenvalue weighted by Gasteiger charge is -2.29. The highest BCUT2D eigenvalue weighted by Crippen LogP contribution is 2.31. The number of para-hydroxylation sites is 3. The summed E-state index contributed by atoms with van der Waals surface area (Å²) in [6.45, 7) is 3.41. The highest BCUT2D eigenvalue weighted by Gasteiger charge is 2.24. The lowest BCUT2D eigenvalue weighted by Crippen LogP contribution is -2.42. The van der Waals surface area contributed by atoms with Gasteiger partial charge in [-0.25, -0.2) is 0 Å². The molecule has 156 valence electrons. The topological polar surface area (TPSA) is 79.1 Å². The van der Waals surface area contributed by atoms with Crippen molar-refractivity contribution in [1.82, 2.24) is 10.6 Å². The number of hydrogen-bond donors (Lipinski definition) is 2. The molecule has 3 aromatic rings. The van der Waals surface area contributed by atoms with Crippen LogP contribution in [0.4, 0.5) is 5.69 Å².